The molecule has 298 valence electrons. The molecule has 9 rings (SSSR count). The average molecular weight is 845 g/mol. The van der Waals surface area contributed by atoms with Crippen molar-refractivity contribution in [3.05, 3.63) is 135 Å². The Bertz CT molecular complexity index is 2640. The molecule has 0 saturated heterocycles. The van der Waals surface area contributed by atoms with Crippen LogP contribution in [-0.2, 0) is 9.59 Å². The lowest BCUT2D eigenvalue weighted by atomic mass is 9.69. The fourth-order valence-corrected chi connectivity index (χ4v) is 8.38. The first-order valence-electron chi connectivity index (χ1n) is 18.4. The van der Waals surface area contributed by atoms with E-state index in [4.69, 9.17) is 30.8 Å². The van der Waals surface area contributed by atoms with Crippen LogP contribution in [0.15, 0.2) is 108 Å². The van der Waals surface area contributed by atoms with Gasteiger partial charge in [0.15, 0.2) is 0 Å². The number of halogens is 1. The van der Waals surface area contributed by atoms with Crippen molar-refractivity contribution in [2.75, 3.05) is 17.7 Å². The maximum absolute atomic E-state index is 13.4. The fourth-order valence-electron chi connectivity index (χ4n) is 7.36. The van der Waals surface area contributed by atoms with Crippen LogP contribution in [0.1, 0.15) is 61.8 Å². The van der Waals surface area contributed by atoms with Crippen molar-refractivity contribution < 1.29 is 23.8 Å². The summed E-state index contributed by atoms with van der Waals surface area (Å²) in [5.74, 6) is 2.28. The molecule has 2 aliphatic heterocycles. The van der Waals surface area contributed by atoms with Gasteiger partial charge in [-0.3, -0.25) is 9.59 Å². The Morgan fingerprint density at radius 1 is 0.644 bits per heavy atom. The van der Waals surface area contributed by atoms with Gasteiger partial charge < -0.3 is 24.8 Å². The molecule has 13 nitrogen and oxygen atoms in total. The maximum atomic E-state index is 13.4. The molecule has 59 heavy (non-hydrogen) atoms. The normalized spacial score (nSPS) is 15.0. The molecule has 4 aromatic heterocycles. The number of fused-ring (bicyclic) bond motifs is 4. The van der Waals surface area contributed by atoms with Crippen molar-refractivity contribution in [3.8, 4) is 40.3 Å². The first-order chi connectivity index (χ1) is 28.4. The number of benzene rings is 3. The zero-order chi connectivity index (χ0) is 41.3. The summed E-state index contributed by atoms with van der Waals surface area (Å²) in [7, 11) is 1.64. The minimum Gasteiger partial charge on any atom is -0.497 e. The van der Waals surface area contributed by atoms with E-state index in [9.17, 15) is 9.59 Å². The molecular formula is C43H37ClN8O5S2. The van der Waals surface area contributed by atoms with Gasteiger partial charge in [-0.05, 0) is 54.6 Å². The quantitative estimate of drug-likeness (QED) is 0.140. The van der Waals surface area contributed by atoms with Crippen LogP contribution < -0.4 is 24.8 Å². The summed E-state index contributed by atoms with van der Waals surface area (Å²) in [6, 6.07) is 30.7. The summed E-state index contributed by atoms with van der Waals surface area (Å²) in [6.45, 7) is 7.65. The minimum atomic E-state index is -0.816. The second kappa shape index (κ2) is 16.2. The lowest BCUT2D eigenvalue weighted by Gasteiger charge is -2.37. The number of pyridine rings is 2. The Morgan fingerprint density at radius 2 is 1.14 bits per heavy atom. The Labute approximate surface area is 352 Å². The molecule has 6 heterocycles. The zero-order valence-corrected chi connectivity index (χ0v) is 34.9. The van der Waals surface area contributed by atoms with Gasteiger partial charge in [-0.15, -0.1) is 20.4 Å². The van der Waals surface area contributed by atoms with Crippen LogP contribution in [0.4, 0.5) is 10.3 Å². The molecule has 0 spiro atoms. The predicted molar refractivity (Wildman–Crippen MR) is 227 cm³/mol. The SMILES string of the molecule is CC(C)(C(=O)Nc1nncs1)[C@@H]1c2ccccc2Oc2nc(Cl)ccc21.COc1ccc(-c2ccc3c(n2)Oc2ccccc2[C@H]3C(C)(C)C(=O)Nc2nncs2)cc1. The molecule has 16 heteroatoms. The van der Waals surface area contributed by atoms with Crippen LogP contribution in [-0.4, -0.2) is 49.3 Å². The topological polar surface area (TPSA) is 163 Å². The number of aromatic nitrogens is 6. The van der Waals surface area contributed by atoms with Gasteiger partial charge >= 0.3 is 0 Å². The summed E-state index contributed by atoms with van der Waals surface area (Å²) < 4.78 is 17.4. The first kappa shape index (κ1) is 39.5. The van der Waals surface area contributed by atoms with Gasteiger partial charge in [0.2, 0.25) is 33.8 Å². The Hall–Kier alpha value is -6.29. The van der Waals surface area contributed by atoms with E-state index in [1.165, 1.54) is 22.7 Å². The van der Waals surface area contributed by atoms with Gasteiger partial charge in [-0.25, -0.2) is 9.97 Å². The zero-order valence-electron chi connectivity index (χ0n) is 32.5. The van der Waals surface area contributed by atoms with E-state index in [-0.39, 0.29) is 23.7 Å². The van der Waals surface area contributed by atoms with Crippen molar-refractivity contribution in [3.63, 3.8) is 0 Å². The average Bonchev–Trinajstić information content (AvgIpc) is 3.97. The highest BCUT2D eigenvalue weighted by Gasteiger charge is 2.45. The number of ether oxygens (including phenoxy) is 3. The summed E-state index contributed by atoms with van der Waals surface area (Å²) in [4.78, 5) is 35.5. The Kier molecular flexibility index (Phi) is 10.8. The monoisotopic (exact) mass is 844 g/mol. The van der Waals surface area contributed by atoms with E-state index in [1.54, 1.807) is 24.2 Å². The second-order valence-corrected chi connectivity index (χ2v) is 16.9. The molecule has 0 fully saturated rings. The van der Waals surface area contributed by atoms with Crippen molar-refractivity contribution in [2.45, 2.75) is 39.5 Å². The van der Waals surface area contributed by atoms with Crippen LogP contribution in [0.3, 0.4) is 0 Å². The van der Waals surface area contributed by atoms with Crippen molar-refractivity contribution in [1.82, 2.24) is 30.4 Å². The molecule has 3 aromatic carbocycles. The Balaban J connectivity index is 0.000000169. The van der Waals surface area contributed by atoms with E-state index >= 15 is 0 Å². The van der Waals surface area contributed by atoms with E-state index in [2.05, 4.69) is 36.0 Å². The molecule has 2 atom stereocenters. The summed E-state index contributed by atoms with van der Waals surface area (Å²) in [6.07, 6.45) is 0. The summed E-state index contributed by atoms with van der Waals surface area (Å²) in [5, 5.41) is 22.5. The van der Waals surface area contributed by atoms with Crippen LogP contribution >= 0.6 is 34.3 Å². The van der Waals surface area contributed by atoms with Crippen molar-refractivity contribution >= 4 is 56.4 Å². The fraction of sp³-hybridized carbons (Fsp3) is 0.209. The molecule has 0 unspecified atom stereocenters. The Morgan fingerprint density at radius 3 is 1.63 bits per heavy atom. The van der Waals surface area contributed by atoms with Gasteiger partial charge in [-0.1, -0.05) is 104 Å². The molecule has 7 aromatic rings. The van der Waals surface area contributed by atoms with E-state index in [0.717, 1.165) is 39.3 Å². The largest absolute Gasteiger partial charge is 0.497 e. The number of amides is 2. The minimum absolute atomic E-state index is 0.147. The molecule has 2 N–H and O–H groups in total. The van der Waals surface area contributed by atoms with Crippen LogP contribution in [0.2, 0.25) is 5.15 Å². The van der Waals surface area contributed by atoms with Crippen molar-refractivity contribution in [2.24, 2.45) is 10.8 Å². The smallest absolute Gasteiger partial charge is 0.232 e. The number of carbonyl (C=O) groups excluding carboxylic acids is 2. The highest BCUT2D eigenvalue weighted by molar-refractivity contribution is 7.13. The number of anilines is 2. The van der Waals surface area contributed by atoms with Gasteiger partial charge in [-0.2, -0.15) is 0 Å². The van der Waals surface area contributed by atoms with Crippen LogP contribution in [0, 0.1) is 10.8 Å². The third-order valence-corrected chi connectivity index (χ3v) is 11.8. The number of para-hydroxylation sites is 2. The number of nitrogens with zero attached hydrogens (tertiary/aromatic N) is 6. The van der Waals surface area contributed by atoms with Crippen LogP contribution in [0.25, 0.3) is 11.3 Å². The number of nitrogens with one attached hydrogen (secondary N) is 2. The lowest BCUT2D eigenvalue weighted by Crippen LogP contribution is -2.38. The first-order valence-corrected chi connectivity index (χ1v) is 20.6. The molecule has 0 saturated carbocycles. The van der Waals surface area contributed by atoms with Gasteiger partial charge in [0.05, 0.1) is 23.6 Å². The van der Waals surface area contributed by atoms with Gasteiger partial charge in [0.25, 0.3) is 0 Å². The van der Waals surface area contributed by atoms with E-state index in [1.807, 2.05) is 119 Å². The molecule has 2 aliphatic rings. The second-order valence-electron chi connectivity index (χ2n) is 14.8. The molecular weight excluding hydrogens is 808 g/mol. The molecule has 2 amide bonds. The number of rotatable bonds is 8. The van der Waals surface area contributed by atoms with Crippen LogP contribution in [0.5, 0.6) is 29.0 Å². The lowest BCUT2D eigenvalue weighted by molar-refractivity contribution is -0.125. The molecule has 0 bridgehead atoms. The van der Waals surface area contributed by atoms with Crippen molar-refractivity contribution in [1.29, 1.82) is 0 Å². The predicted octanol–water partition coefficient (Wildman–Crippen LogP) is 10.0. The molecule has 0 aliphatic carbocycles. The summed E-state index contributed by atoms with van der Waals surface area (Å²) in [5.41, 5.74) is 6.85. The standard InChI is InChI=1S/C25H22N4O3S.C18H15ClN4O2S/c1-25(2,23(30)28-24-29-26-14-33-24)21-17-6-4-5-7-20(17)32-22-18(21)12-13-19(27-22)15-8-10-16(31-3)11-9-15;1-18(2,16(24)22-17-23-20-9-26-17)14-10-5-3-4-6-12(10)25-15-11(14)7-8-13(19)21-15/h4-14,21H,1-3H3,(H,28,29,30);3-9,14H,1-2H3,(H,22,23,24)/t21-;14-/m11/s1. The highest BCUT2D eigenvalue weighted by atomic mass is 35.5. The third-order valence-electron chi connectivity index (χ3n) is 10.4. The van der Waals surface area contributed by atoms with Gasteiger partial charge in [0, 0.05) is 39.7 Å². The highest BCUT2D eigenvalue weighted by Crippen LogP contribution is 2.53. The van der Waals surface area contributed by atoms with Gasteiger partial charge in [0.1, 0.15) is 33.4 Å². The van der Waals surface area contributed by atoms with E-state index < -0.39 is 10.8 Å². The van der Waals surface area contributed by atoms with E-state index in [0.29, 0.717) is 38.7 Å². The number of hydrogen-bond acceptors (Lipinski definition) is 13. The number of hydrogen-bond donors (Lipinski definition) is 2. The summed E-state index contributed by atoms with van der Waals surface area (Å²) >= 11 is 8.60. The number of carbonyl (C=O) groups is 2. The maximum Gasteiger partial charge on any atom is 0.232 e. The third kappa shape index (κ3) is 7.83. The molecule has 0 radical (unpaired) electrons. The number of methoxy groups -OCH3 is 1.